The molecule has 0 aromatic rings. The summed E-state index contributed by atoms with van der Waals surface area (Å²) in [4.78, 5) is 15.7. The van der Waals surface area contributed by atoms with Crippen LogP contribution in [0.3, 0.4) is 0 Å². The highest BCUT2D eigenvalue weighted by Gasteiger charge is 2.20. The van der Waals surface area contributed by atoms with E-state index < -0.39 is 0 Å². The lowest BCUT2D eigenvalue weighted by Gasteiger charge is -2.24. The van der Waals surface area contributed by atoms with Gasteiger partial charge in [-0.2, -0.15) is 5.26 Å². The van der Waals surface area contributed by atoms with Gasteiger partial charge in [0.05, 0.1) is 12.5 Å². The summed E-state index contributed by atoms with van der Waals surface area (Å²) in [5.41, 5.74) is 0. The Kier molecular flexibility index (Phi) is 5.99. The van der Waals surface area contributed by atoms with Gasteiger partial charge in [0.25, 0.3) is 0 Å². The SMILES string of the molecule is CN(CCC#N)C(=O)CCN(C)C1CCCC1. The first-order chi connectivity index (χ1) is 8.15. The number of carbonyl (C=O) groups is 1. The Morgan fingerprint density at radius 1 is 1.29 bits per heavy atom. The second kappa shape index (κ2) is 7.29. The molecular weight excluding hydrogens is 214 g/mol. The lowest BCUT2D eigenvalue weighted by Crippen LogP contribution is -2.35. The maximum Gasteiger partial charge on any atom is 0.223 e. The van der Waals surface area contributed by atoms with Gasteiger partial charge in [-0.05, 0) is 19.9 Å². The molecule has 0 aromatic heterocycles. The zero-order valence-corrected chi connectivity index (χ0v) is 11.0. The van der Waals surface area contributed by atoms with Crippen LogP contribution in [0.5, 0.6) is 0 Å². The molecule has 1 saturated carbocycles. The van der Waals surface area contributed by atoms with Crippen molar-refractivity contribution in [2.45, 2.75) is 44.6 Å². The van der Waals surface area contributed by atoms with Crippen LogP contribution in [-0.4, -0.2) is 48.9 Å². The number of amides is 1. The number of hydrogen-bond donors (Lipinski definition) is 0. The maximum absolute atomic E-state index is 11.8. The number of nitriles is 1. The van der Waals surface area contributed by atoms with Gasteiger partial charge >= 0.3 is 0 Å². The fourth-order valence-corrected chi connectivity index (χ4v) is 2.33. The highest BCUT2D eigenvalue weighted by atomic mass is 16.2. The smallest absolute Gasteiger partial charge is 0.223 e. The zero-order chi connectivity index (χ0) is 12.7. The molecule has 0 N–H and O–H groups in total. The van der Waals surface area contributed by atoms with Gasteiger partial charge in [-0.15, -0.1) is 0 Å². The first-order valence-corrected chi connectivity index (χ1v) is 6.46. The van der Waals surface area contributed by atoms with Crippen molar-refractivity contribution in [1.29, 1.82) is 5.26 Å². The quantitative estimate of drug-likeness (QED) is 0.705. The summed E-state index contributed by atoms with van der Waals surface area (Å²) in [6.07, 6.45) is 6.18. The third-order valence-corrected chi connectivity index (χ3v) is 3.61. The second-order valence-corrected chi connectivity index (χ2v) is 4.89. The van der Waals surface area contributed by atoms with Crippen LogP contribution in [0.4, 0.5) is 0 Å². The predicted molar refractivity (Wildman–Crippen MR) is 67.4 cm³/mol. The minimum atomic E-state index is 0.144. The van der Waals surface area contributed by atoms with Gasteiger partial charge in [-0.1, -0.05) is 12.8 Å². The van der Waals surface area contributed by atoms with Crippen molar-refractivity contribution < 1.29 is 4.79 Å². The molecule has 0 aromatic carbocycles. The first-order valence-electron chi connectivity index (χ1n) is 6.46. The Balaban J connectivity index is 2.20. The molecule has 0 aliphatic heterocycles. The molecule has 0 atom stereocenters. The van der Waals surface area contributed by atoms with Crippen molar-refractivity contribution in [1.82, 2.24) is 9.80 Å². The van der Waals surface area contributed by atoms with Gasteiger partial charge in [0.15, 0.2) is 0 Å². The predicted octanol–water partition coefficient (Wildman–Crippen LogP) is 1.62. The third kappa shape index (κ3) is 4.74. The normalized spacial score (nSPS) is 16.1. The van der Waals surface area contributed by atoms with E-state index in [1.807, 2.05) is 0 Å². The van der Waals surface area contributed by atoms with Crippen LogP contribution in [0.1, 0.15) is 38.5 Å². The van der Waals surface area contributed by atoms with Crippen LogP contribution >= 0.6 is 0 Å². The van der Waals surface area contributed by atoms with E-state index in [4.69, 9.17) is 5.26 Å². The number of carbonyl (C=O) groups excluding carboxylic acids is 1. The van der Waals surface area contributed by atoms with Crippen LogP contribution in [0.15, 0.2) is 0 Å². The van der Waals surface area contributed by atoms with Crippen LogP contribution in [0.2, 0.25) is 0 Å². The minimum Gasteiger partial charge on any atom is -0.345 e. The van der Waals surface area contributed by atoms with Gasteiger partial charge in [-0.25, -0.2) is 0 Å². The average Bonchev–Trinajstić information content (AvgIpc) is 2.86. The van der Waals surface area contributed by atoms with Crippen molar-refractivity contribution in [2.75, 3.05) is 27.2 Å². The van der Waals surface area contributed by atoms with Crippen LogP contribution < -0.4 is 0 Å². The maximum atomic E-state index is 11.8. The summed E-state index contributed by atoms with van der Waals surface area (Å²) in [5.74, 6) is 0.144. The molecule has 0 spiro atoms. The largest absolute Gasteiger partial charge is 0.345 e. The van der Waals surface area contributed by atoms with Gasteiger partial charge < -0.3 is 9.80 Å². The van der Waals surface area contributed by atoms with Crippen molar-refractivity contribution in [3.63, 3.8) is 0 Å². The molecule has 0 bridgehead atoms. The monoisotopic (exact) mass is 237 g/mol. The highest BCUT2D eigenvalue weighted by Crippen LogP contribution is 2.22. The van der Waals surface area contributed by atoms with Crippen LogP contribution in [-0.2, 0) is 4.79 Å². The summed E-state index contributed by atoms with van der Waals surface area (Å²) >= 11 is 0. The van der Waals surface area contributed by atoms with Gasteiger partial charge in [0, 0.05) is 32.6 Å². The fraction of sp³-hybridized carbons (Fsp3) is 0.846. The van der Waals surface area contributed by atoms with E-state index in [-0.39, 0.29) is 5.91 Å². The van der Waals surface area contributed by atoms with E-state index in [9.17, 15) is 4.79 Å². The molecule has 1 aliphatic rings. The summed E-state index contributed by atoms with van der Waals surface area (Å²) in [7, 11) is 3.88. The Morgan fingerprint density at radius 2 is 1.94 bits per heavy atom. The molecular formula is C13H23N3O. The molecule has 17 heavy (non-hydrogen) atoms. The highest BCUT2D eigenvalue weighted by molar-refractivity contribution is 5.76. The average molecular weight is 237 g/mol. The molecule has 4 heteroatoms. The number of hydrogen-bond acceptors (Lipinski definition) is 3. The Bertz CT molecular complexity index is 279. The zero-order valence-electron chi connectivity index (χ0n) is 11.0. The van der Waals surface area contributed by atoms with Gasteiger partial charge in [0.1, 0.15) is 0 Å². The molecule has 1 fully saturated rings. The summed E-state index contributed by atoms with van der Waals surface area (Å²) in [6.45, 7) is 1.38. The molecule has 1 aliphatic carbocycles. The topological polar surface area (TPSA) is 47.3 Å². The summed E-state index contributed by atoms with van der Waals surface area (Å²) in [5, 5.41) is 8.46. The molecule has 0 unspecified atom stereocenters. The molecule has 96 valence electrons. The molecule has 4 nitrogen and oxygen atoms in total. The lowest BCUT2D eigenvalue weighted by molar-refractivity contribution is -0.130. The van der Waals surface area contributed by atoms with Crippen molar-refractivity contribution in [3.8, 4) is 6.07 Å². The third-order valence-electron chi connectivity index (χ3n) is 3.61. The molecule has 0 radical (unpaired) electrons. The molecule has 0 saturated heterocycles. The minimum absolute atomic E-state index is 0.144. The molecule has 1 rings (SSSR count). The number of nitrogens with zero attached hydrogens (tertiary/aromatic N) is 3. The van der Waals surface area contributed by atoms with E-state index in [0.29, 0.717) is 25.4 Å². The number of rotatable bonds is 6. The fourth-order valence-electron chi connectivity index (χ4n) is 2.33. The van der Waals surface area contributed by atoms with Crippen molar-refractivity contribution >= 4 is 5.91 Å². The molecule has 0 heterocycles. The van der Waals surface area contributed by atoms with Gasteiger partial charge in [-0.3, -0.25) is 4.79 Å². The lowest BCUT2D eigenvalue weighted by atomic mass is 10.2. The van der Waals surface area contributed by atoms with Gasteiger partial charge in [0.2, 0.25) is 5.91 Å². The standard InChI is InChI=1S/C13H23N3O/c1-15(12-6-3-4-7-12)11-8-13(17)16(2)10-5-9-14/h12H,3-8,10-11H2,1-2H3. The van der Waals surface area contributed by atoms with E-state index >= 15 is 0 Å². The van der Waals surface area contributed by atoms with E-state index in [2.05, 4.69) is 18.0 Å². The van der Waals surface area contributed by atoms with Crippen LogP contribution in [0.25, 0.3) is 0 Å². The Hall–Kier alpha value is -1.08. The first kappa shape index (κ1) is 14.0. The summed E-state index contributed by atoms with van der Waals surface area (Å²) in [6, 6.07) is 2.73. The summed E-state index contributed by atoms with van der Waals surface area (Å²) < 4.78 is 0. The Labute approximate surface area is 104 Å². The second-order valence-electron chi connectivity index (χ2n) is 4.89. The van der Waals surface area contributed by atoms with E-state index in [1.54, 1.807) is 11.9 Å². The van der Waals surface area contributed by atoms with E-state index in [1.165, 1.54) is 25.7 Å². The van der Waals surface area contributed by atoms with Crippen molar-refractivity contribution in [2.24, 2.45) is 0 Å². The molecule has 1 amide bonds. The van der Waals surface area contributed by atoms with E-state index in [0.717, 1.165) is 6.54 Å². The Morgan fingerprint density at radius 3 is 2.53 bits per heavy atom. The van der Waals surface area contributed by atoms with Crippen LogP contribution in [0, 0.1) is 11.3 Å². The van der Waals surface area contributed by atoms with Crippen molar-refractivity contribution in [3.05, 3.63) is 0 Å².